The molecule has 6 heteroatoms. The number of carbonyl (C=O) groups is 1. The van der Waals surface area contributed by atoms with Crippen LogP contribution in [0.15, 0.2) is 24.3 Å². The molecule has 1 unspecified atom stereocenters. The van der Waals surface area contributed by atoms with Crippen molar-refractivity contribution in [3.05, 3.63) is 29.8 Å². The maximum absolute atomic E-state index is 11.6. The average molecular weight is 293 g/mol. The first-order valence-electron chi connectivity index (χ1n) is 7.34. The van der Waals surface area contributed by atoms with Gasteiger partial charge in [0.25, 0.3) is 5.91 Å². The number of amides is 1. The van der Waals surface area contributed by atoms with Gasteiger partial charge >= 0.3 is 0 Å². The molecule has 1 aromatic carbocycles. The van der Waals surface area contributed by atoms with E-state index < -0.39 is 0 Å². The number of nitrogen functional groups attached to an aromatic ring is 1. The van der Waals surface area contributed by atoms with Crippen LogP contribution in [0.25, 0.3) is 0 Å². The summed E-state index contributed by atoms with van der Waals surface area (Å²) in [6.07, 6.45) is 3.35. The van der Waals surface area contributed by atoms with Gasteiger partial charge in [0.05, 0.1) is 12.2 Å². The minimum atomic E-state index is -0.364. The minimum absolute atomic E-state index is 0.187. The minimum Gasteiger partial charge on any atom is -0.491 e. The standard InChI is InChI=1S/C15H23N3O3/c16-17-15(20)13-6-1-2-7-14(13)21-10-9-18-8-4-3-5-12(18)11-19/h1-2,6-7,12,19H,3-5,8-11,16H2,(H,17,20). The molecular weight excluding hydrogens is 270 g/mol. The van der Waals surface area contributed by atoms with Crippen LogP contribution >= 0.6 is 0 Å². The lowest BCUT2D eigenvalue weighted by Crippen LogP contribution is -2.43. The van der Waals surface area contributed by atoms with Crippen LogP contribution in [-0.2, 0) is 0 Å². The van der Waals surface area contributed by atoms with E-state index >= 15 is 0 Å². The smallest absolute Gasteiger partial charge is 0.268 e. The number of hydrogen-bond acceptors (Lipinski definition) is 5. The number of aliphatic hydroxyl groups is 1. The van der Waals surface area contributed by atoms with Crippen LogP contribution in [0.2, 0.25) is 0 Å². The highest BCUT2D eigenvalue weighted by molar-refractivity contribution is 5.96. The van der Waals surface area contributed by atoms with Crippen molar-refractivity contribution in [3.8, 4) is 5.75 Å². The molecule has 0 radical (unpaired) electrons. The zero-order chi connectivity index (χ0) is 15.1. The second-order valence-corrected chi connectivity index (χ2v) is 5.19. The zero-order valence-corrected chi connectivity index (χ0v) is 12.1. The Morgan fingerprint density at radius 3 is 3.00 bits per heavy atom. The van der Waals surface area contributed by atoms with Crippen LogP contribution in [0.1, 0.15) is 29.6 Å². The fourth-order valence-corrected chi connectivity index (χ4v) is 2.69. The summed E-state index contributed by atoms with van der Waals surface area (Å²) >= 11 is 0. The Labute approximate surface area is 124 Å². The van der Waals surface area contributed by atoms with Gasteiger partial charge in [0, 0.05) is 12.6 Å². The van der Waals surface area contributed by atoms with Gasteiger partial charge in [-0.25, -0.2) is 5.84 Å². The third-order valence-corrected chi connectivity index (χ3v) is 3.86. The highest BCUT2D eigenvalue weighted by atomic mass is 16.5. The third kappa shape index (κ3) is 4.17. The van der Waals surface area contributed by atoms with Gasteiger partial charge in [0.15, 0.2) is 0 Å². The molecule has 4 N–H and O–H groups in total. The number of hydrogen-bond donors (Lipinski definition) is 3. The van der Waals surface area contributed by atoms with E-state index in [1.54, 1.807) is 18.2 Å². The maximum Gasteiger partial charge on any atom is 0.268 e. The lowest BCUT2D eigenvalue weighted by Gasteiger charge is -2.34. The topological polar surface area (TPSA) is 87.8 Å². The molecular formula is C15H23N3O3. The Morgan fingerprint density at radius 2 is 2.24 bits per heavy atom. The van der Waals surface area contributed by atoms with Crippen molar-refractivity contribution in [2.24, 2.45) is 5.84 Å². The van der Waals surface area contributed by atoms with Crippen molar-refractivity contribution < 1.29 is 14.6 Å². The molecule has 1 atom stereocenters. The van der Waals surface area contributed by atoms with E-state index in [1.807, 2.05) is 6.07 Å². The molecule has 1 aliphatic rings. The summed E-state index contributed by atoms with van der Waals surface area (Å²) in [7, 11) is 0. The van der Waals surface area contributed by atoms with E-state index in [2.05, 4.69) is 10.3 Å². The molecule has 0 aromatic heterocycles. The van der Waals surface area contributed by atoms with Crippen molar-refractivity contribution >= 4 is 5.91 Å². The fourth-order valence-electron chi connectivity index (χ4n) is 2.69. The summed E-state index contributed by atoms with van der Waals surface area (Å²) in [5.41, 5.74) is 2.54. The first-order chi connectivity index (χ1) is 10.3. The Hall–Kier alpha value is -1.63. The van der Waals surface area contributed by atoms with Crippen molar-refractivity contribution in [1.29, 1.82) is 0 Å². The van der Waals surface area contributed by atoms with Crippen molar-refractivity contribution in [2.45, 2.75) is 25.3 Å². The number of hydrazine groups is 1. The van der Waals surface area contributed by atoms with Gasteiger partial charge in [0.1, 0.15) is 12.4 Å². The van der Waals surface area contributed by atoms with Gasteiger partial charge in [-0.1, -0.05) is 18.6 Å². The highest BCUT2D eigenvalue weighted by Gasteiger charge is 2.21. The fraction of sp³-hybridized carbons (Fsp3) is 0.533. The molecule has 1 saturated heterocycles. The van der Waals surface area contributed by atoms with Gasteiger partial charge in [-0.05, 0) is 31.5 Å². The molecule has 1 heterocycles. The van der Waals surface area contributed by atoms with E-state index in [0.29, 0.717) is 17.9 Å². The number of rotatable bonds is 6. The van der Waals surface area contributed by atoms with Crippen LogP contribution < -0.4 is 16.0 Å². The number of nitrogens with zero attached hydrogens (tertiary/aromatic N) is 1. The molecule has 1 amide bonds. The molecule has 0 bridgehead atoms. The monoisotopic (exact) mass is 293 g/mol. The quantitative estimate of drug-likeness (QED) is 0.404. The summed E-state index contributed by atoms with van der Waals surface area (Å²) in [5.74, 6) is 5.33. The normalized spacial score (nSPS) is 19.2. The van der Waals surface area contributed by atoms with E-state index in [4.69, 9.17) is 10.6 Å². The Balaban J connectivity index is 1.90. The van der Waals surface area contributed by atoms with Gasteiger partial charge in [-0.15, -0.1) is 0 Å². The predicted molar refractivity (Wildman–Crippen MR) is 79.9 cm³/mol. The van der Waals surface area contributed by atoms with Crippen molar-refractivity contribution in [3.63, 3.8) is 0 Å². The third-order valence-electron chi connectivity index (χ3n) is 3.86. The highest BCUT2D eigenvalue weighted by Crippen LogP contribution is 2.19. The number of carbonyl (C=O) groups excluding carboxylic acids is 1. The first kappa shape index (κ1) is 15.8. The second-order valence-electron chi connectivity index (χ2n) is 5.19. The molecule has 2 rings (SSSR count). The van der Waals surface area contributed by atoms with Crippen molar-refractivity contribution in [1.82, 2.24) is 10.3 Å². The van der Waals surface area contributed by atoms with E-state index in [9.17, 15) is 9.90 Å². The van der Waals surface area contributed by atoms with E-state index in [-0.39, 0.29) is 18.6 Å². The molecule has 1 fully saturated rings. The average Bonchev–Trinajstić information content (AvgIpc) is 2.55. The first-order valence-corrected chi connectivity index (χ1v) is 7.34. The van der Waals surface area contributed by atoms with Crippen LogP contribution in [0.5, 0.6) is 5.75 Å². The summed E-state index contributed by atoms with van der Waals surface area (Å²) in [6.45, 7) is 2.39. The molecule has 0 saturated carbocycles. The SMILES string of the molecule is NNC(=O)c1ccccc1OCCN1CCCCC1CO. The number of piperidine rings is 1. The van der Waals surface area contributed by atoms with Crippen LogP contribution in [0, 0.1) is 0 Å². The molecule has 0 spiro atoms. The number of benzene rings is 1. The molecule has 1 aliphatic heterocycles. The summed E-state index contributed by atoms with van der Waals surface area (Å²) in [6, 6.07) is 7.24. The summed E-state index contributed by atoms with van der Waals surface area (Å²) in [4.78, 5) is 13.9. The number of nitrogens with one attached hydrogen (secondary N) is 1. The summed E-state index contributed by atoms with van der Waals surface area (Å²) in [5, 5.41) is 9.38. The summed E-state index contributed by atoms with van der Waals surface area (Å²) < 4.78 is 5.72. The van der Waals surface area contributed by atoms with Gasteiger partial charge in [0.2, 0.25) is 0 Å². The molecule has 6 nitrogen and oxygen atoms in total. The van der Waals surface area contributed by atoms with E-state index in [0.717, 1.165) is 25.9 Å². The largest absolute Gasteiger partial charge is 0.491 e. The van der Waals surface area contributed by atoms with E-state index in [1.165, 1.54) is 6.42 Å². The zero-order valence-electron chi connectivity index (χ0n) is 12.1. The van der Waals surface area contributed by atoms with Crippen molar-refractivity contribution in [2.75, 3.05) is 26.3 Å². The predicted octanol–water partition coefficient (Wildman–Crippen LogP) is 0.516. The molecule has 1 aromatic rings. The van der Waals surface area contributed by atoms with Crippen LogP contribution in [0.3, 0.4) is 0 Å². The van der Waals surface area contributed by atoms with Gasteiger partial charge in [-0.3, -0.25) is 15.1 Å². The Kier molecular flexibility index (Phi) is 5.98. The number of likely N-dealkylation sites (tertiary alicyclic amines) is 1. The number of nitrogens with two attached hydrogens (primary N) is 1. The van der Waals surface area contributed by atoms with Crippen LogP contribution in [0.4, 0.5) is 0 Å². The van der Waals surface area contributed by atoms with Gasteiger partial charge < -0.3 is 9.84 Å². The number of ether oxygens (including phenoxy) is 1. The van der Waals surface area contributed by atoms with Gasteiger partial charge in [-0.2, -0.15) is 0 Å². The molecule has 0 aliphatic carbocycles. The lowest BCUT2D eigenvalue weighted by molar-refractivity contribution is 0.0769. The second kappa shape index (κ2) is 7.97. The Morgan fingerprint density at radius 1 is 1.43 bits per heavy atom. The van der Waals surface area contributed by atoms with Crippen LogP contribution in [-0.4, -0.2) is 48.3 Å². The number of para-hydroxylation sites is 1. The lowest BCUT2D eigenvalue weighted by atomic mass is 10.0. The maximum atomic E-state index is 11.6. The Bertz CT molecular complexity index is 467. The number of aliphatic hydroxyl groups excluding tert-OH is 1. The molecule has 21 heavy (non-hydrogen) atoms. The molecule has 116 valence electrons.